The van der Waals surface area contributed by atoms with E-state index in [9.17, 15) is 67.7 Å². The van der Waals surface area contributed by atoms with Gasteiger partial charge in [0.2, 0.25) is 76.8 Å². The molecule has 6 rings (SSSR count). The van der Waals surface area contributed by atoms with Crippen molar-refractivity contribution in [2.45, 2.75) is 226 Å². The summed E-state index contributed by atoms with van der Waals surface area (Å²) >= 11 is 0. The van der Waals surface area contributed by atoms with E-state index in [2.05, 4.69) is 94.7 Å². The first kappa shape index (κ1) is 105. The number of nitrogens with two attached hydrogens (primary N) is 7. The van der Waals surface area contributed by atoms with Crippen molar-refractivity contribution in [1.82, 2.24) is 89.6 Å². The molecule has 0 spiro atoms. The number of rotatable bonds is 59. The Kier molecular flexibility index (Phi) is 45.4. The van der Waals surface area contributed by atoms with Crippen molar-refractivity contribution in [3.05, 3.63) is 108 Å². The van der Waals surface area contributed by atoms with Crippen LogP contribution in [0.25, 0.3) is 10.9 Å². The number of para-hydroxylation sites is 1. The number of benzene rings is 3. The molecule has 1 unspecified atom stereocenters. The second-order valence-corrected chi connectivity index (χ2v) is 31.6. The van der Waals surface area contributed by atoms with E-state index in [1.165, 1.54) is 24.4 Å². The summed E-state index contributed by atoms with van der Waals surface area (Å²) < 4.78 is 0. The minimum atomic E-state index is -1.80. The summed E-state index contributed by atoms with van der Waals surface area (Å²) in [5.41, 5.74) is 43.2. The number of nitrogens with one attached hydrogen (secondary N) is 19. The Morgan fingerprint density at radius 3 is 1.44 bits per heavy atom. The van der Waals surface area contributed by atoms with Crippen LogP contribution in [0.1, 0.15) is 139 Å². The molecule has 3 aromatic carbocycles. The zero-order valence-corrected chi connectivity index (χ0v) is 72.6. The molecule has 706 valence electrons. The number of carboxylic acid groups (broad SMARTS) is 1. The molecule has 45 nitrogen and oxygen atoms in total. The average molecular weight is 1800 g/mol. The summed E-state index contributed by atoms with van der Waals surface area (Å²) in [5, 5.41) is 83.6. The van der Waals surface area contributed by atoms with Crippen molar-refractivity contribution in [2.75, 3.05) is 58.9 Å². The fourth-order valence-corrected chi connectivity index (χ4v) is 14.4. The van der Waals surface area contributed by atoms with Gasteiger partial charge in [0, 0.05) is 68.8 Å². The number of aliphatic hydroxyl groups excluding tert-OH is 1. The van der Waals surface area contributed by atoms with Gasteiger partial charge in [-0.05, 0) is 165 Å². The van der Waals surface area contributed by atoms with Gasteiger partial charge in [-0.15, -0.1) is 0 Å². The number of aromatic nitrogens is 1. The third-order valence-electron chi connectivity index (χ3n) is 21.3. The number of carbonyl (C=O) groups is 14. The highest BCUT2D eigenvalue weighted by atomic mass is 16.4. The number of aliphatic hydroxyl groups is 1. The van der Waals surface area contributed by atoms with Crippen molar-refractivity contribution in [3.8, 4) is 0 Å². The number of amides is 13. The van der Waals surface area contributed by atoms with Gasteiger partial charge in [0.05, 0.1) is 31.3 Å². The van der Waals surface area contributed by atoms with Crippen molar-refractivity contribution >= 4 is 124 Å². The number of fused-ring (bicyclic) bond motifs is 1. The number of carboxylic acids is 1. The monoisotopic (exact) mass is 1800 g/mol. The first-order valence-corrected chi connectivity index (χ1v) is 43.3. The minimum absolute atomic E-state index is 0.0146. The lowest BCUT2D eigenvalue weighted by atomic mass is 10.0. The Morgan fingerprint density at radius 1 is 0.473 bits per heavy atom. The number of likely N-dealkylation sites (tertiary alicyclic amines) is 1. The highest BCUT2D eigenvalue weighted by Crippen LogP contribution is 2.23. The Bertz CT molecular complexity index is 4450. The number of aromatic amines is 1. The van der Waals surface area contributed by atoms with E-state index < -0.39 is 186 Å². The number of carbonyl (C=O) groups excluding carboxylic acids is 13. The number of aliphatic carboxylic acids is 1. The summed E-state index contributed by atoms with van der Waals surface area (Å²) in [6.07, 6.45) is 4.51. The maximum Gasteiger partial charge on any atom is 0.326 e. The Balaban J connectivity index is 1.17. The van der Waals surface area contributed by atoms with Crippen LogP contribution in [0.5, 0.6) is 0 Å². The maximum atomic E-state index is 15.1. The summed E-state index contributed by atoms with van der Waals surface area (Å²) in [5.74, 6) is -13.7. The molecular weight excluding hydrogens is 1670 g/mol. The summed E-state index contributed by atoms with van der Waals surface area (Å²) in [6, 6.07) is 7.58. The summed E-state index contributed by atoms with van der Waals surface area (Å²) in [7, 11) is 0. The molecule has 1 fully saturated rings. The van der Waals surface area contributed by atoms with E-state index in [-0.39, 0.29) is 173 Å². The maximum absolute atomic E-state index is 15.1. The summed E-state index contributed by atoms with van der Waals surface area (Å²) in [4.78, 5) is 212. The Labute approximate surface area is 747 Å². The van der Waals surface area contributed by atoms with Gasteiger partial charge in [0.15, 0.2) is 17.9 Å². The molecule has 129 heavy (non-hydrogen) atoms. The van der Waals surface area contributed by atoms with E-state index in [1.54, 1.807) is 42.6 Å². The fraction of sp³-hybridized carbons (Fsp3) is 0.536. The molecule has 0 saturated carbocycles. The molecule has 13 amide bonds. The molecule has 0 bridgehead atoms. The van der Waals surface area contributed by atoms with Crippen molar-refractivity contribution in [1.29, 1.82) is 16.2 Å². The third-order valence-corrected chi connectivity index (χ3v) is 21.3. The molecule has 3 heterocycles. The van der Waals surface area contributed by atoms with E-state index >= 15 is 9.59 Å². The van der Waals surface area contributed by atoms with Gasteiger partial charge < -0.3 is 140 Å². The van der Waals surface area contributed by atoms with Gasteiger partial charge in [-0.25, -0.2) is 9.79 Å². The topological polar surface area (TPSA) is 757 Å². The lowest BCUT2D eigenvalue weighted by Crippen LogP contribution is -2.62. The van der Waals surface area contributed by atoms with Crippen LogP contribution >= 0.6 is 0 Å². The largest absolute Gasteiger partial charge is 0.480 e. The van der Waals surface area contributed by atoms with Crippen LogP contribution < -0.4 is 120 Å². The Hall–Kier alpha value is -13.3. The van der Waals surface area contributed by atoms with Crippen molar-refractivity contribution in [2.24, 2.45) is 50.1 Å². The smallest absolute Gasteiger partial charge is 0.326 e. The molecule has 1 saturated heterocycles. The SMILES string of the molecule is C[C@@H](O)[C@H](NC(=O)[C@H](CCCCN)NC(=O)[C@H](Cc1c[nH]c2ccccc12)NC(=O)[C@H](Cc1ccccc1)NC(=O)[C@@H](N)Cc1ccccc1)C(=O)N[C@@H](CCCCN)C(=O)N1CCC[C@H]1C(=O)N[C@@H](CCCNC(=N)N)C(=O)N[C@@H](CCCCN)C(=O)N[C@@H](CC1C=NC=N1)C(=O)NCC(=O)NCC(=O)N[C@@H](CCCNC(=N)N)C(=O)N[C@@H](CCCNC(=N)N)C(=O)O. The molecule has 0 aliphatic carbocycles. The van der Waals surface area contributed by atoms with E-state index in [4.69, 9.17) is 56.4 Å². The van der Waals surface area contributed by atoms with Gasteiger partial charge >= 0.3 is 5.97 Å². The zero-order chi connectivity index (χ0) is 94.3. The lowest BCUT2D eigenvalue weighted by Gasteiger charge is -2.31. The van der Waals surface area contributed by atoms with E-state index in [0.29, 0.717) is 30.4 Å². The van der Waals surface area contributed by atoms with Gasteiger partial charge in [-0.1, -0.05) is 78.9 Å². The van der Waals surface area contributed by atoms with Gasteiger partial charge in [-0.3, -0.25) is 83.5 Å². The van der Waals surface area contributed by atoms with Gasteiger partial charge in [0.1, 0.15) is 72.8 Å². The number of hydrogen-bond donors (Lipinski definition) is 28. The second-order valence-electron chi connectivity index (χ2n) is 31.6. The molecule has 0 radical (unpaired) electrons. The Morgan fingerprint density at radius 2 is 0.915 bits per heavy atom. The predicted octanol–water partition coefficient (Wildman–Crippen LogP) is -5.89. The van der Waals surface area contributed by atoms with Crippen LogP contribution in [0, 0.1) is 16.2 Å². The highest BCUT2D eigenvalue weighted by molar-refractivity contribution is 6.01. The molecule has 45 heteroatoms. The number of unbranched alkanes of at least 4 members (excludes halogenated alkanes) is 3. The fourth-order valence-electron chi connectivity index (χ4n) is 14.4. The van der Waals surface area contributed by atoms with Crippen LogP contribution in [0.4, 0.5) is 0 Å². The predicted molar refractivity (Wildman–Crippen MR) is 481 cm³/mol. The molecular formula is C84H129N29O16. The average Bonchev–Trinajstić information content (AvgIpc) is 1.70. The van der Waals surface area contributed by atoms with Crippen LogP contribution in [-0.4, -0.2) is 277 Å². The van der Waals surface area contributed by atoms with E-state index in [1.807, 2.05) is 48.5 Å². The highest BCUT2D eigenvalue weighted by Gasteiger charge is 2.42. The van der Waals surface area contributed by atoms with Crippen molar-refractivity contribution in [3.63, 3.8) is 0 Å². The van der Waals surface area contributed by atoms with Crippen LogP contribution in [0.15, 0.2) is 101 Å². The molecule has 35 N–H and O–H groups in total. The first-order valence-electron chi connectivity index (χ1n) is 43.3. The molecule has 4 aromatic rings. The zero-order valence-electron chi connectivity index (χ0n) is 72.6. The normalized spacial score (nSPS) is 16.0. The second kappa shape index (κ2) is 56.0. The number of nitrogens with zero attached hydrogens (tertiary/aromatic N) is 3. The number of hydrogen-bond acceptors (Lipinski definition) is 24. The van der Waals surface area contributed by atoms with Crippen LogP contribution in [0.3, 0.4) is 0 Å². The molecule has 14 atom stereocenters. The van der Waals surface area contributed by atoms with Gasteiger partial charge in [0.25, 0.3) is 0 Å². The molecule has 1 aromatic heterocycles. The minimum Gasteiger partial charge on any atom is -0.480 e. The molecule has 2 aliphatic rings. The lowest BCUT2D eigenvalue weighted by molar-refractivity contribution is -0.143. The molecule has 2 aliphatic heterocycles. The van der Waals surface area contributed by atoms with Crippen molar-refractivity contribution < 1.29 is 77.3 Å². The number of guanidine groups is 3. The van der Waals surface area contributed by atoms with Crippen LogP contribution in [0.2, 0.25) is 0 Å². The standard InChI is InChI=1S/C84H129N29O16/c1-49(114)69(112-75(122)59(27-11-14-34-86)105-77(124)64(42-52-44-99-56-25-9-8-24-54(52)56)110-76(123)63(41-51-22-6-3-7-23-51)109-70(117)55(88)40-50-20-4-2-5-21-50)79(126)107-61(28-12-15-35-87)80(127)113-39-19-32-66(113)78(125)106-60(30-17-37-97-83(91)92)73(120)104-58(26-10-13-33-85)74(121)111-65(43-53-45-95-48-102-53)71(118)101-46-67(115)100-47-68(116)103-57(29-16-36-96-82(89)90)72(119)108-62(81(128)129)31-18-38-98-84(93)94/h2-9,20-25,44-45,48-49,53,55,57-66,69,99,114H,10-19,26-43,46-47,85-88H2,1H3,(H,100,115)(H,101,118)(H,103,116)(H,104,120)(H,105,124)(H,106,125)(H,107,126)(H,108,119)(H,109,117)(H,110,123)(H,111,121)(H,112,122)(H,128,129)(H4,89,90,96)(H4,91,92,97)(H4,93,94,98)/t49-,53?,55+,57+,58+,59+,60+,61+,62+,63+,64+,65+,66+,69+/m1/s1. The van der Waals surface area contributed by atoms with E-state index in [0.717, 1.165) is 16.5 Å². The number of H-pyrrole nitrogens is 1. The van der Waals surface area contributed by atoms with Crippen LogP contribution in [-0.2, 0) is 86.4 Å². The quantitative estimate of drug-likeness (QED) is 0.0111. The summed E-state index contributed by atoms with van der Waals surface area (Å²) in [6.45, 7) is 0.470. The first-order chi connectivity index (χ1) is 61.8. The third kappa shape index (κ3) is 37.3. The van der Waals surface area contributed by atoms with Gasteiger partial charge in [-0.2, -0.15) is 0 Å². The number of aliphatic imine (C=N–C) groups is 2.